The minimum absolute atomic E-state index is 0.0808. The average molecular weight is 287 g/mol. The predicted molar refractivity (Wildman–Crippen MR) is 76.5 cm³/mol. The van der Waals surface area contributed by atoms with E-state index in [1.807, 2.05) is 20.8 Å². The lowest BCUT2D eigenvalue weighted by Gasteiger charge is -2.14. The minimum Gasteiger partial charge on any atom is -0.494 e. The number of hydrogen-bond acceptors (Lipinski definition) is 4. The zero-order valence-electron chi connectivity index (χ0n) is 11.6. The summed E-state index contributed by atoms with van der Waals surface area (Å²) in [7, 11) is -3.34. The van der Waals surface area contributed by atoms with Crippen LogP contribution in [0, 0.1) is 0 Å². The number of nitrogens with one attached hydrogen (secondary N) is 1. The van der Waals surface area contributed by atoms with E-state index >= 15 is 0 Å². The summed E-state index contributed by atoms with van der Waals surface area (Å²) in [5, 5.41) is 0. The Balaban J connectivity index is 3.03. The SMILES string of the molecule is CCCS(=O)(=O)Nc1cc(OCC)ccc1OCC. The summed E-state index contributed by atoms with van der Waals surface area (Å²) in [6.07, 6.45) is 0.560. The van der Waals surface area contributed by atoms with Crippen LogP contribution in [-0.4, -0.2) is 27.4 Å². The molecule has 0 radical (unpaired) electrons. The fourth-order valence-electron chi connectivity index (χ4n) is 1.61. The van der Waals surface area contributed by atoms with Gasteiger partial charge in [-0.15, -0.1) is 0 Å². The molecular formula is C13H21NO4S. The molecule has 0 aromatic heterocycles. The van der Waals surface area contributed by atoms with Crippen LogP contribution in [-0.2, 0) is 10.0 Å². The monoisotopic (exact) mass is 287 g/mol. The third kappa shape index (κ3) is 4.98. The second kappa shape index (κ2) is 7.23. The zero-order valence-corrected chi connectivity index (χ0v) is 12.4. The summed E-state index contributed by atoms with van der Waals surface area (Å²) >= 11 is 0. The Morgan fingerprint density at radius 2 is 1.79 bits per heavy atom. The molecule has 0 fully saturated rings. The Kier molecular flexibility index (Phi) is 5.95. The normalized spacial score (nSPS) is 11.1. The van der Waals surface area contributed by atoms with Gasteiger partial charge in [-0.3, -0.25) is 4.72 Å². The third-order valence-corrected chi connectivity index (χ3v) is 3.78. The van der Waals surface area contributed by atoms with Crippen molar-refractivity contribution in [1.29, 1.82) is 0 Å². The standard InChI is InChI=1S/C13H21NO4S/c1-4-9-19(15,16)14-12-10-11(17-5-2)7-8-13(12)18-6-3/h7-8,10,14H,4-6,9H2,1-3H3. The lowest BCUT2D eigenvalue weighted by molar-refractivity contribution is 0.332. The second-order valence-electron chi connectivity index (χ2n) is 3.94. The summed E-state index contributed by atoms with van der Waals surface area (Å²) in [6, 6.07) is 5.10. The van der Waals surface area contributed by atoms with Crippen molar-refractivity contribution in [3.63, 3.8) is 0 Å². The molecule has 0 bridgehead atoms. The van der Waals surface area contributed by atoms with Crippen LogP contribution in [0.4, 0.5) is 5.69 Å². The Bertz CT molecular complexity index is 499. The van der Waals surface area contributed by atoms with Crippen LogP contribution in [0.25, 0.3) is 0 Å². The van der Waals surface area contributed by atoms with Crippen molar-refractivity contribution in [2.24, 2.45) is 0 Å². The maximum absolute atomic E-state index is 11.8. The molecule has 0 heterocycles. The highest BCUT2D eigenvalue weighted by Gasteiger charge is 2.13. The lowest BCUT2D eigenvalue weighted by atomic mass is 10.3. The van der Waals surface area contributed by atoms with Crippen molar-refractivity contribution in [2.45, 2.75) is 27.2 Å². The van der Waals surface area contributed by atoms with Crippen molar-refractivity contribution in [3.05, 3.63) is 18.2 Å². The maximum atomic E-state index is 11.8. The maximum Gasteiger partial charge on any atom is 0.232 e. The van der Waals surface area contributed by atoms with E-state index in [0.717, 1.165) is 0 Å². The van der Waals surface area contributed by atoms with E-state index in [1.165, 1.54) is 0 Å². The lowest BCUT2D eigenvalue weighted by Crippen LogP contribution is -2.17. The minimum atomic E-state index is -3.34. The first-order valence-corrected chi connectivity index (χ1v) is 8.07. The van der Waals surface area contributed by atoms with E-state index in [0.29, 0.717) is 36.8 Å². The average Bonchev–Trinajstić information content (AvgIpc) is 2.32. The van der Waals surface area contributed by atoms with Crippen molar-refractivity contribution in [2.75, 3.05) is 23.7 Å². The molecule has 0 saturated carbocycles. The van der Waals surface area contributed by atoms with Gasteiger partial charge in [0.15, 0.2) is 0 Å². The number of ether oxygens (including phenoxy) is 2. The summed E-state index contributed by atoms with van der Waals surface area (Å²) < 4.78 is 37.0. The van der Waals surface area contributed by atoms with Gasteiger partial charge >= 0.3 is 0 Å². The molecule has 1 N–H and O–H groups in total. The molecular weight excluding hydrogens is 266 g/mol. The number of rotatable bonds is 8. The Hall–Kier alpha value is -1.43. The van der Waals surface area contributed by atoms with Crippen LogP contribution in [0.15, 0.2) is 18.2 Å². The third-order valence-electron chi connectivity index (χ3n) is 2.30. The van der Waals surface area contributed by atoms with E-state index in [-0.39, 0.29) is 5.75 Å². The van der Waals surface area contributed by atoms with Crippen LogP contribution in [0.1, 0.15) is 27.2 Å². The van der Waals surface area contributed by atoms with Gasteiger partial charge in [0, 0.05) is 6.07 Å². The van der Waals surface area contributed by atoms with Gasteiger partial charge in [0.05, 0.1) is 24.7 Å². The molecule has 0 aliphatic rings. The van der Waals surface area contributed by atoms with Gasteiger partial charge in [-0.05, 0) is 32.4 Å². The quantitative estimate of drug-likeness (QED) is 0.798. The first-order valence-electron chi connectivity index (χ1n) is 6.42. The van der Waals surface area contributed by atoms with E-state index in [1.54, 1.807) is 18.2 Å². The molecule has 0 spiro atoms. The van der Waals surface area contributed by atoms with Crippen molar-refractivity contribution < 1.29 is 17.9 Å². The number of sulfonamides is 1. The highest BCUT2D eigenvalue weighted by atomic mass is 32.2. The summed E-state index contributed by atoms with van der Waals surface area (Å²) in [4.78, 5) is 0. The molecule has 1 rings (SSSR count). The molecule has 0 aliphatic heterocycles. The first kappa shape index (κ1) is 15.6. The smallest absolute Gasteiger partial charge is 0.232 e. The van der Waals surface area contributed by atoms with Gasteiger partial charge in [0.25, 0.3) is 0 Å². The van der Waals surface area contributed by atoms with Crippen molar-refractivity contribution >= 4 is 15.7 Å². The Morgan fingerprint density at radius 3 is 2.37 bits per heavy atom. The van der Waals surface area contributed by atoms with E-state index in [4.69, 9.17) is 9.47 Å². The van der Waals surface area contributed by atoms with Gasteiger partial charge < -0.3 is 9.47 Å². The van der Waals surface area contributed by atoms with Gasteiger partial charge in [-0.2, -0.15) is 0 Å². The molecule has 0 aliphatic carbocycles. The molecule has 19 heavy (non-hydrogen) atoms. The first-order chi connectivity index (χ1) is 9.02. The molecule has 0 unspecified atom stereocenters. The predicted octanol–water partition coefficient (Wildman–Crippen LogP) is 2.64. The second-order valence-corrected chi connectivity index (χ2v) is 5.79. The summed E-state index contributed by atoms with van der Waals surface area (Å²) in [5.41, 5.74) is 0.418. The fraction of sp³-hybridized carbons (Fsp3) is 0.538. The number of benzene rings is 1. The molecule has 0 atom stereocenters. The fourth-order valence-corrected chi connectivity index (χ4v) is 2.75. The zero-order chi connectivity index (χ0) is 14.3. The number of hydrogen-bond donors (Lipinski definition) is 1. The molecule has 6 heteroatoms. The van der Waals surface area contributed by atoms with Crippen molar-refractivity contribution in [3.8, 4) is 11.5 Å². The Labute approximate surface area is 115 Å². The van der Waals surface area contributed by atoms with Crippen LogP contribution in [0.2, 0.25) is 0 Å². The molecule has 108 valence electrons. The summed E-state index contributed by atoms with van der Waals surface area (Å²) in [6.45, 7) is 6.53. The van der Waals surface area contributed by atoms with Gasteiger partial charge in [-0.1, -0.05) is 6.92 Å². The van der Waals surface area contributed by atoms with Crippen LogP contribution in [0.3, 0.4) is 0 Å². The van der Waals surface area contributed by atoms with Crippen LogP contribution in [0.5, 0.6) is 11.5 Å². The highest BCUT2D eigenvalue weighted by molar-refractivity contribution is 7.92. The molecule has 0 amide bonds. The van der Waals surface area contributed by atoms with Crippen LogP contribution >= 0.6 is 0 Å². The van der Waals surface area contributed by atoms with Gasteiger partial charge in [0.1, 0.15) is 11.5 Å². The van der Waals surface area contributed by atoms with Crippen molar-refractivity contribution in [1.82, 2.24) is 0 Å². The van der Waals surface area contributed by atoms with Gasteiger partial charge in [0.2, 0.25) is 10.0 Å². The van der Waals surface area contributed by atoms with Crippen LogP contribution < -0.4 is 14.2 Å². The largest absolute Gasteiger partial charge is 0.494 e. The van der Waals surface area contributed by atoms with E-state index < -0.39 is 10.0 Å². The van der Waals surface area contributed by atoms with E-state index in [9.17, 15) is 8.42 Å². The highest BCUT2D eigenvalue weighted by Crippen LogP contribution is 2.30. The molecule has 0 saturated heterocycles. The topological polar surface area (TPSA) is 64.6 Å². The molecule has 1 aromatic carbocycles. The van der Waals surface area contributed by atoms with Gasteiger partial charge in [-0.25, -0.2) is 8.42 Å². The Morgan fingerprint density at radius 1 is 1.11 bits per heavy atom. The summed E-state index contributed by atoms with van der Waals surface area (Å²) in [5.74, 6) is 1.20. The number of anilines is 1. The molecule has 1 aromatic rings. The molecule has 5 nitrogen and oxygen atoms in total. The van der Waals surface area contributed by atoms with E-state index in [2.05, 4.69) is 4.72 Å².